The summed E-state index contributed by atoms with van der Waals surface area (Å²) < 4.78 is 17.0. The van der Waals surface area contributed by atoms with Crippen molar-refractivity contribution < 1.29 is 28.6 Å². The number of ether oxygens (including phenoxy) is 3. The number of carbonyl (C=O) groups excluding carboxylic acids is 3. The van der Waals surface area contributed by atoms with Crippen molar-refractivity contribution in [1.29, 1.82) is 0 Å². The van der Waals surface area contributed by atoms with E-state index in [0.717, 1.165) is 57.8 Å². The minimum Gasteiger partial charge on any atom is -0.462 e. The highest BCUT2D eigenvalue weighted by Crippen LogP contribution is 2.19. The summed E-state index contributed by atoms with van der Waals surface area (Å²) in [6.45, 7) is 6.73. The molecule has 462 valence electrons. The van der Waals surface area contributed by atoms with Crippen LogP contribution < -0.4 is 0 Å². The highest BCUT2D eigenvalue weighted by Gasteiger charge is 2.19. The molecular formula is C72H138O6. The van der Waals surface area contributed by atoms with Crippen LogP contribution in [0.2, 0.25) is 0 Å². The molecule has 0 bridgehead atoms. The third kappa shape index (κ3) is 65.0. The number of carbonyl (C=O) groups is 3. The van der Waals surface area contributed by atoms with E-state index < -0.39 is 6.10 Å². The van der Waals surface area contributed by atoms with Gasteiger partial charge in [-0.2, -0.15) is 0 Å². The van der Waals surface area contributed by atoms with Crippen molar-refractivity contribution in [3.63, 3.8) is 0 Å². The molecule has 0 heterocycles. The van der Waals surface area contributed by atoms with Gasteiger partial charge in [0.25, 0.3) is 0 Å². The van der Waals surface area contributed by atoms with Crippen molar-refractivity contribution in [1.82, 2.24) is 0 Å². The van der Waals surface area contributed by atoms with Crippen LogP contribution in [0.15, 0.2) is 12.2 Å². The average molecular weight is 1100 g/mol. The fourth-order valence-corrected chi connectivity index (χ4v) is 11.2. The van der Waals surface area contributed by atoms with Gasteiger partial charge >= 0.3 is 17.9 Å². The summed E-state index contributed by atoms with van der Waals surface area (Å²) in [4.78, 5) is 38.4. The van der Waals surface area contributed by atoms with Crippen LogP contribution in [0.1, 0.15) is 412 Å². The maximum absolute atomic E-state index is 12.9. The summed E-state index contributed by atoms with van der Waals surface area (Å²) in [5.74, 6) is -0.825. The molecule has 0 N–H and O–H groups in total. The van der Waals surface area contributed by atoms with Crippen molar-refractivity contribution in [2.24, 2.45) is 0 Å². The van der Waals surface area contributed by atoms with Gasteiger partial charge in [0.2, 0.25) is 0 Å². The van der Waals surface area contributed by atoms with Crippen LogP contribution in [0.3, 0.4) is 0 Å². The molecule has 0 saturated carbocycles. The van der Waals surface area contributed by atoms with Crippen molar-refractivity contribution in [3.05, 3.63) is 12.2 Å². The molecule has 0 spiro atoms. The summed E-state index contributed by atoms with van der Waals surface area (Å²) >= 11 is 0. The number of hydrogen-bond acceptors (Lipinski definition) is 6. The van der Waals surface area contributed by atoms with Gasteiger partial charge in [0.1, 0.15) is 13.2 Å². The Morgan fingerprint density at radius 2 is 0.423 bits per heavy atom. The highest BCUT2D eigenvalue weighted by atomic mass is 16.6. The highest BCUT2D eigenvalue weighted by molar-refractivity contribution is 5.71. The molecule has 1 atom stereocenters. The molecule has 0 aliphatic carbocycles. The first-order valence-electron chi connectivity index (χ1n) is 35.7. The lowest BCUT2D eigenvalue weighted by molar-refractivity contribution is -0.167. The van der Waals surface area contributed by atoms with Gasteiger partial charge < -0.3 is 14.2 Å². The van der Waals surface area contributed by atoms with Gasteiger partial charge in [-0.1, -0.05) is 360 Å². The Kier molecular flexibility index (Phi) is 66.0. The van der Waals surface area contributed by atoms with Crippen LogP contribution in [-0.2, 0) is 28.6 Å². The Balaban J connectivity index is 4.18. The van der Waals surface area contributed by atoms with Crippen LogP contribution in [0.4, 0.5) is 0 Å². The lowest BCUT2D eigenvalue weighted by atomic mass is 10.0. The fraction of sp³-hybridized carbons (Fsp3) is 0.931. The summed E-state index contributed by atoms with van der Waals surface area (Å²) in [6.07, 6.45) is 81.0. The lowest BCUT2D eigenvalue weighted by Gasteiger charge is -2.18. The second-order valence-corrected chi connectivity index (χ2v) is 24.5. The standard InChI is InChI=1S/C72H138O6/c1-4-7-10-13-16-19-22-25-27-29-31-33-34-35-36-37-38-39-41-42-44-47-50-53-56-59-62-65-71(74)77-68-69(67-76-70(73)64-61-58-55-52-49-46-24-21-18-15-12-9-6-3)78-72(75)66-63-60-57-54-51-48-45-43-40-32-30-28-26-23-20-17-14-11-8-5-2/h29,31,69H,4-28,30,32-68H2,1-3H3/b31-29-. The van der Waals surface area contributed by atoms with Gasteiger partial charge in [-0.15, -0.1) is 0 Å². The maximum atomic E-state index is 12.9. The van der Waals surface area contributed by atoms with Gasteiger partial charge in [0, 0.05) is 19.3 Å². The maximum Gasteiger partial charge on any atom is 0.306 e. The van der Waals surface area contributed by atoms with Crippen molar-refractivity contribution in [2.45, 2.75) is 419 Å². The van der Waals surface area contributed by atoms with E-state index in [0.29, 0.717) is 19.3 Å². The second-order valence-electron chi connectivity index (χ2n) is 24.5. The predicted octanol–water partition coefficient (Wildman–Crippen LogP) is 24.4. The quantitative estimate of drug-likeness (QED) is 0.0261. The molecule has 0 aliphatic heterocycles. The van der Waals surface area contributed by atoms with E-state index in [1.165, 1.54) is 315 Å². The molecule has 0 aliphatic rings. The minimum atomic E-state index is -0.765. The zero-order valence-corrected chi connectivity index (χ0v) is 53.2. The van der Waals surface area contributed by atoms with Crippen LogP contribution in [-0.4, -0.2) is 37.2 Å². The Morgan fingerprint density at radius 1 is 0.244 bits per heavy atom. The zero-order valence-electron chi connectivity index (χ0n) is 53.2. The van der Waals surface area contributed by atoms with Crippen LogP contribution in [0.25, 0.3) is 0 Å². The minimum absolute atomic E-state index is 0.0622. The topological polar surface area (TPSA) is 78.9 Å². The molecule has 0 fully saturated rings. The Labute approximate surface area is 488 Å². The van der Waals surface area contributed by atoms with E-state index in [9.17, 15) is 14.4 Å². The van der Waals surface area contributed by atoms with Gasteiger partial charge in [-0.3, -0.25) is 14.4 Å². The van der Waals surface area contributed by atoms with Crippen molar-refractivity contribution >= 4 is 17.9 Å². The number of rotatable bonds is 67. The number of allylic oxidation sites excluding steroid dienone is 2. The van der Waals surface area contributed by atoms with Crippen LogP contribution in [0.5, 0.6) is 0 Å². The molecule has 6 nitrogen and oxygen atoms in total. The van der Waals surface area contributed by atoms with E-state index in [-0.39, 0.29) is 31.1 Å². The van der Waals surface area contributed by atoms with Crippen LogP contribution in [0, 0.1) is 0 Å². The third-order valence-electron chi connectivity index (χ3n) is 16.5. The molecule has 0 amide bonds. The van der Waals surface area contributed by atoms with Crippen molar-refractivity contribution in [3.8, 4) is 0 Å². The lowest BCUT2D eigenvalue weighted by Crippen LogP contribution is -2.30. The normalized spacial score (nSPS) is 12.0. The average Bonchev–Trinajstić information content (AvgIpc) is 3.44. The van der Waals surface area contributed by atoms with E-state index in [1.807, 2.05) is 0 Å². The van der Waals surface area contributed by atoms with Gasteiger partial charge in [0.05, 0.1) is 0 Å². The molecule has 0 aromatic heterocycles. The Hall–Kier alpha value is -1.85. The molecule has 78 heavy (non-hydrogen) atoms. The fourth-order valence-electron chi connectivity index (χ4n) is 11.2. The SMILES string of the molecule is CCCCCCCCCC/C=C\CCCCCCCCCCCCCCCCCC(=O)OCC(COC(=O)CCCCCCCCCCCCCCC)OC(=O)CCCCCCCCCCCCCCCCCCCCCC. The molecular weight excluding hydrogens is 961 g/mol. The first kappa shape index (κ1) is 76.1. The van der Waals surface area contributed by atoms with Gasteiger partial charge in [-0.05, 0) is 44.9 Å². The molecule has 0 aromatic rings. The summed E-state index contributed by atoms with van der Waals surface area (Å²) in [5.41, 5.74) is 0. The first-order chi connectivity index (χ1) is 38.5. The molecule has 0 rings (SSSR count). The molecule has 0 saturated heterocycles. The largest absolute Gasteiger partial charge is 0.462 e. The monoisotopic (exact) mass is 1100 g/mol. The third-order valence-corrected chi connectivity index (χ3v) is 16.5. The van der Waals surface area contributed by atoms with E-state index in [2.05, 4.69) is 32.9 Å². The van der Waals surface area contributed by atoms with Gasteiger partial charge in [-0.25, -0.2) is 0 Å². The zero-order chi connectivity index (χ0) is 56.4. The number of unbranched alkanes of at least 4 members (excludes halogenated alkanes) is 54. The molecule has 6 heteroatoms. The number of esters is 3. The Morgan fingerprint density at radius 3 is 0.641 bits per heavy atom. The van der Waals surface area contributed by atoms with Crippen molar-refractivity contribution in [2.75, 3.05) is 13.2 Å². The Bertz CT molecular complexity index is 1210. The van der Waals surface area contributed by atoms with E-state index in [4.69, 9.17) is 14.2 Å². The first-order valence-corrected chi connectivity index (χ1v) is 35.7. The number of hydrogen-bond donors (Lipinski definition) is 0. The van der Waals surface area contributed by atoms with Crippen LogP contribution >= 0.6 is 0 Å². The summed E-state index contributed by atoms with van der Waals surface area (Å²) in [7, 11) is 0. The molecule has 0 aromatic carbocycles. The van der Waals surface area contributed by atoms with E-state index >= 15 is 0 Å². The summed E-state index contributed by atoms with van der Waals surface area (Å²) in [6, 6.07) is 0. The summed E-state index contributed by atoms with van der Waals surface area (Å²) in [5, 5.41) is 0. The van der Waals surface area contributed by atoms with Gasteiger partial charge in [0.15, 0.2) is 6.10 Å². The smallest absolute Gasteiger partial charge is 0.306 e. The second kappa shape index (κ2) is 67.7. The molecule has 0 radical (unpaired) electrons. The predicted molar refractivity (Wildman–Crippen MR) is 340 cm³/mol. The van der Waals surface area contributed by atoms with E-state index in [1.54, 1.807) is 0 Å². The molecule has 1 unspecified atom stereocenters.